The first-order chi connectivity index (χ1) is 13.2. The van der Waals surface area contributed by atoms with Crippen molar-refractivity contribution >= 4 is 40.7 Å². The van der Waals surface area contributed by atoms with Gasteiger partial charge in [-0.3, -0.25) is 0 Å². The third-order valence-corrected chi connectivity index (χ3v) is 5.04. The Kier molecular flexibility index (Phi) is 6.77. The minimum Gasteiger partial charge on any atom is -0.496 e. The van der Waals surface area contributed by atoms with E-state index in [9.17, 15) is 0 Å². The van der Waals surface area contributed by atoms with Gasteiger partial charge in [0.2, 0.25) is 0 Å². The van der Waals surface area contributed by atoms with Crippen molar-refractivity contribution in [3.05, 3.63) is 48.2 Å². The Morgan fingerprint density at radius 3 is 2.82 bits per heavy atom. The van der Waals surface area contributed by atoms with Gasteiger partial charge in [-0.1, -0.05) is 48.3 Å². The van der Waals surface area contributed by atoms with Gasteiger partial charge in [0.1, 0.15) is 18.0 Å². The van der Waals surface area contributed by atoms with Crippen LogP contribution >= 0.6 is 24.0 Å². The van der Waals surface area contributed by atoms with Crippen molar-refractivity contribution in [1.82, 2.24) is 10.5 Å². The predicted octanol–water partition coefficient (Wildman–Crippen LogP) is 4.47. The van der Waals surface area contributed by atoms with Gasteiger partial charge in [0.25, 0.3) is 0 Å². The molecule has 4 rings (SSSR count). The lowest BCUT2D eigenvalue weighted by Gasteiger charge is -2.11. The summed E-state index contributed by atoms with van der Waals surface area (Å²) >= 11 is 0. The Bertz CT molecular complexity index is 964. The van der Waals surface area contributed by atoms with Crippen LogP contribution in [0.1, 0.15) is 31.4 Å². The Labute approximate surface area is 181 Å². The Morgan fingerprint density at radius 1 is 1.25 bits per heavy atom. The third-order valence-electron chi connectivity index (χ3n) is 5.04. The number of nitrogens with one attached hydrogen (secondary N) is 1. The number of aliphatic imine (C=N–C) groups is 1. The van der Waals surface area contributed by atoms with Crippen LogP contribution in [0, 0.1) is 0 Å². The SMILES string of the molecule is COc1ccc2ccccc2c1-c1cc(CN=C(N)NC2CCCC2)on1.I. The molecule has 3 N–H and O–H groups in total. The maximum Gasteiger partial charge on any atom is 0.189 e. The van der Waals surface area contributed by atoms with Gasteiger partial charge in [-0.15, -0.1) is 24.0 Å². The fourth-order valence-corrected chi connectivity index (χ4v) is 3.68. The van der Waals surface area contributed by atoms with E-state index in [1.165, 1.54) is 12.8 Å². The normalized spacial score (nSPS) is 14.8. The molecule has 148 valence electrons. The first-order valence-electron chi connectivity index (χ1n) is 9.33. The van der Waals surface area contributed by atoms with Gasteiger partial charge in [-0.2, -0.15) is 0 Å². The molecule has 2 aromatic carbocycles. The average molecular weight is 492 g/mol. The lowest BCUT2D eigenvalue weighted by molar-refractivity contribution is 0.385. The van der Waals surface area contributed by atoms with Crippen LogP contribution in [0.5, 0.6) is 5.75 Å². The van der Waals surface area contributed by atoms with Crippen molar-refractivity contribution in [2.45, 2.75) is 38.3 Å². The van der Waals surface area contributed by atoms with Crippen molar-refractivity contribution < 1.29 is 9.26 Å². The van der Waals surface area contributed by atoms with E-state index < -0.39 is 0 Å². The number of hydrogen-bond donors (Lipinski definition) is 2. The number of methoxy groups -OCH3 is 1. The molecule has 0 aliphatic heterocycles. The van der Waals surface area contributed by atoms with E-state index in [-0.39, 0.29) is 24.0 Å². The molecule has 0 unspecified atom stereocenters. The van der Waals surface area contributed by atoms with Gasteiger partial charge < -0.3 is 20.3 Å². The highest BCUT2D eigenvalue weighted by Crippen LogP contribution is 2.36. The summed E-state index contributed by atoms with van der Waals surface area (Å²) in [5.41, 5.74) is 7.65. The van der Waals surface area contributed by atoms with Gasteiger partial charge in [-0.05, 0) is 29.7 Å². The van der Waals surface area contributed by atoms with Crippen LogP contribution in [-0.2, 0) is 6.54 Å². The number of nitrogens with two attached hydrogens (primary N) is 1. The summed E-state index contributed by atoms with van der Waals surface area (Å²) in [6, 6.07) is 14.5. The first kappa shape index (κ1) is 20.4. The zero-order chi connectivity index (χ0) is 18.6. The van der Waals surface area contributed by atoms with Gasteiger partial charge in [0.15, 0.2) is 11.7 Å². The molecular weight excluding hydrogens is 467 g/mol. The zero-order valence-corrected chi connectivity index (χ0v) is 18.2. The second-order valence-corrected chi connectivity index (χ2v) is 6.87. The van der Waals surface area contributed by atoms with Gasteiger partial charge in [-0.25, -0.2) is 4.99 Å². The quantitative estimate of drug-likeness (QED) is 0.312. The first-order valence-corrected chi connectivity index (χ1v) is 9.33. The van der Waals surface area contributed by atoms with Crippen molar-refractivity contribution in [3.63, 3.8) is 0 Å². The summed E-state index contributed by atoms with van der Waals surface area (Å²) < 4.78 is 11.0. The molecule has 0 atom stereocenters. The lowest BCUT2D eigenvalue weighted by Crippen LogP contribution is -2.38. The lowest BCUT2D eigenvalue weighted by atomic mass is 10.0. The van der Waals surface area contributed by atoms with Crippen LogP contribution in [0.3, 0.4) is 0 Å². The highest BCUT2D eigenvalue weighted by Gasteiger charge is 2.16. The highest BCUT2D eigenvalue weighted by atomic mass is 127. The molecule has 0 amide bonds. The molecule has 1 heterocycles. The number of nitrogens with zero attached hydrogens (tertiary/aromatic N) is 2. The number of fused-ring (bicyclic) bond motifs is 1. The molecule has 1 saturated carbocycles. The molecule has 6 nitrogen and oxygen atoms in total. The molecule has 1 aromatic heterocycles. The number of halogens is 1. The average Bonchev–Trinajstić information content (AvgIpc) is 3.37. The molecule has 1 fully saturated rings. The number of rotatable bonds is 5. The van der Waals surface area contributed by atoms with Crippen LogP contribution in [0.2, 0.25) is 0 Å². The van der Waals surface area contributed by atoms with Gasteiger partial charge in [0, 0.05) is 12.1 Å². The summed E-state index contributed by atoms with van der Waals surface area (Å²) in [5.74, 6) is 1.89. The topological polar surface area (TPSA) is 85.7 Å². The second kappa shape index (κ2) is 9.27. The summed E-state index contributed by atoms with van der Waals surface area (Å²) in [7, 11) is 1.66. The van der Waals surface area contributed by atoms with E-state index in [1.807, 2.05) is 30.3 Å². The van der Waals surface area contributed by atoms with E-state index in [1.54, 1.807) is 7.11 Å². The molecule has 28 heavy (non-hydrogen) atoms. The van der Waals surface area contributed by atoms with Crippen LogP contribution in [0.25, 0.3) is 22.0 Å². The highest BCUT2D eigenvalue weighted by molar-refractivity contribution is 14.0. The minimum absolute atomic E-state index is 0. The fraction of sp³-hybridized carbons (Fsp3) is 0.333. The Hall–Kier alpha value is -2.29. The molecule has 0 bridgehead atoms. The Balaban J connectivity index is 0.00000225. The predicted molar refractivity (Wildman–Crippen MR) is 122 cm³/mol. The Morgan fingerprint density at radius 2 is 2.04 bits per heavy atom. The van der Waals surface area contributed by atoms with Crippen molar-refractivity contribution in [3.8, 4) is 17.0 Å². The van der Waals surface area contributed by atoms with Crippen molar-refractivity contribution in [2.24, 2.45) is 10.7 Å². The van der Waals surface area contributed by atoms with Crippen LogP contribution in [-0.4, -0.2) is 24.3 Å². The number of benzene rings is 2. The maximum absolute atomic E-state index is 6.00. The van der Waals surface area contributed by atoms with E-state index in [0.717, 1.165) is 40.6 Å². The number of guanidine groups is 1. The monoisotopic (exact) mass is 492 g/mol. The van der Waals surface area contributed by atoms with Crippen LogP contribution in [0.15, 0.2) is 52.0 Å². The van der Waals surface area contributed by atoms with Gasteiger partial charge in [0.05, 0.1) is 12.7 Å². The summed E-state index contributed by atoms with van der Waals surface area (Å²) in [6.07, 6.45) is 4.82. The zero-order valence-electron chi connectivity index (χ0n) is 15.9. The molecule has 7 heteroatoms. The standard InChI is InChI=1S/C21H24N4O2.HI/c1-26-19-11-10-14-6-2-5-9-17(14)20(19)18-12-16(27-25-18)13-23-21(22)24-15-7-3-4-8-15;/h2,5-6,9-12,15H,3-4,7-8,13H2,1H3,(H3,22,23,24);1H. The summed E-state index contributed by atoms with van der Waals surface area (Å²) in [6.45, 7) is 0.353. The van der Waals surface area contributed by atoms with E-state index in [4.69, 9.17) is 15.0 Å². The fourth-order valence-electron chi connectivity index (χ4n) is 3.68. The van der Waals surface area contributed by atoms with Crippen molar-refractivity contribution in [2.75, 3.05) is 7.11 Å². The number of ether oxygens (including phenoxy) is 1. The largest absolute Gasteiger partial charge is 0.496 e. The molecule has 3 aromatic rings. The molecule has 1 aliphatic rings. The molecule has 0 spiro atoms. The third kappa shape index (κ3) is 4.40. The molecule has 0 radical (unpaired) electrons. The second-order valence-electron chi connectivity index (χ2n) is 6.87. The maximum atomic E-state index is 6.00. The summed E-state index contributed by atoms with van der Waals surface area (Å²) in [4.78, 5) is 4.39. The minimum atomic E-state index is 0. The number of aromatic nitrogens is 1. The van der Waals surface area contributed by atoms with Gasteiger partial charge >= 0.3 is 0 Å². The van der Waals surface area contributed by atoms with Crippen molar-refractivity contribution in [1.29, 1.82) is 0 Å². The van der Waals surface area contributed by atoms with E-state index >= 15 is 0 Å². The number of hydrogen-bond acceptors (Lipinski definition) is 4. The summed E-state index contributed by atoms with van der Waals surface area (Å²) in [5, 5.41) is 9.71. The van der Waals surface area contributed by atoms with Crippen LogP contribution < -0.4 is 15.8 Å². The van der Waals surface area contributed by atoms with Crippen LogP contribution in [0.4, 0.5) is 0 Å². The molecule has 1 aliphatic carbocycles. The molecular formula is C21H25IN4O2. The molecule has 0 saturated heterocycles. The smallest absolute Gasteiger partial charge is 0.189 e. The van der Waals surface area contributed by atoms with E-state index in [0.29, 0.717) is 24.3 Å². The van der Waals surface area contributed by atoms with E-state index in [2.05, 4.69) is 27.6 Å².